The molecular weight excluding hydrogens is 442 g/mol. The van der Waals surface area contributed by atoms with Gasteiger partial charge in [-0.1, -0.05) is 53.3 Å². The van der Waals surface area contributed by atoms with E-state index in [9.17, 15) is 19.7 Å². The number of carbonyl (C=O) groups is 1. The van der Waals surface area contributed by atoms with Crippen LogP contribution in [0.15, 0.2) is 69.6 Å². The number of hydrogen-bond acceptors (Lipinski definition) is 7. The molecule has 0 radical (unpaired) electrons. The molecule has 8 nitrogen and oxygen atoms in total. The van der Waals surface area contributed by atoms with Crippen molar-refractivity contribution in [3.05, 3.63) is 106 Å². The van der Waals surface area contributed by atoms with Crippen molar-refractivity contribution >= 4 is 29.1 Å². The molecular formula is C24H21N3O5S. The highest BCUT2D eigenvalue weighted by molar-refractivity contribution is 7.07. The number of esters is 1. The number of hydrogen-bond donors (Lipinski definition) is 0. The summed E-state index contributed by atoms with van der Waals surface area (Å²) < 4.78 is 7.11. The van der Waals surface area contributed by atoms with Gasteiger partial charge in [0.1, 0.15) is 0 Å². The summed E-state index contributed by atoms with van der Waals surface area (Å²) in [6.45, 7) is 5.49. The van der Waals surface area contributed by atoms with E-state index in [4.69, 9.17) is 4.74 Å². The largest absolute Gasteiger partial charge is 0.463 e. The van der Waals surface area contributed by atoms with Gasteiger partial charge in [0.2, 0.25) is 0 Å². The van der Waals surface area contributed by atoms with Crippen molar-refractivity contribution in [3.63, 3.8) is 0 Å². The van der Waals surface area contributed by atoms with E-state index in [-0.39, 0.29) is 23.4 Å². The first kappa shape index (κ1) is 22.3. The number of aryl methyl sites for hydroxylation is 1. The molecule has 0 aliphatic carbocycles. The van der Waals surface area contributed by atoms with Gasteiger partial charge in [-0.15, -0.1) is 0 Å². The minimum absolute atomic E-state index is 0.132. The van der Waals surface area contributed by atoms with Crippen molar-refractivity contribution in [1.29, 1.82) is 0 Å². The summed E-state index contributed by atoms with van der Waals surface area (Å²) in [4.78, 5) is 42.2. The zero-order valence-electron chi connectivity index (χ0n) is 18.3. The third kappa shape index (κ3) is 4.27. The van der Waals surface area contributed by atoms with Crippen LogP contribution < -0.4 is 14.9 Å². The maximum atomic E-state index is 13.5. The van der Waals surface area contributed by atoms with Crippen molar-refractivity contribution in [2.45, 2.75) is 26.8 Å². The van der Waals surface area contributed by atoms with Crippen molar-refractivity contribution < 1.29 is 14.5 Å². The number of benzene rings is 2. The summed E-state index contributed by atoms with van der Waals surface area (Å²) in [6, 6.07) is 12.8. The quantitative estimate of drug-likeness (QED) is 0.329. The van der Waals surface area contributed by atoms with E-state index in [0.717, 1.165) is 11.1 Å². The molecule has 1 atom stereocenters. The number of nitrogens with zero attached hydrogens (tertiary/aromatic N) is 3. The van der Waals surface area contributed by atoms with Gasteiger partial charge in [0, 0.05) is 12.1 Å². The molecule has 2 aromatic carbocycles. The van der Waals surface area contributed by atoms with E-state index in [2.05, 4.69) is 4.99 Å². The summed E-state index contributed by atoms with van der Waals surface area (Å²) in [6.07, 6.45) is 1.77. The Hall–Kier alpha value is -3.85. The lowest BCUT2D eigenvalue weighted by molar-refractivity contribution is -0.384. The SMILES string of the molecule is CCOC(=O)C1=C(C)N=c2sc(=Cc3ccc(C)cc3)c(=O)n2[C@@H]1c1cccc([N+](=O)[O-])c1. The summed E-state index contributed by atoms with van der Waals surface area (Å²) in [5, 5.41) is 11.4. The molecule has 1 aliphatic heterocycles. The van der Waals surface area contributed by atoms with Gasteiger partial charge in [0.25, 0.3) is 11.2 Å². The minimum Gasteiger partial charge on any atom is -0.463 e. The van der Waals surface area contributed by atoms with Crippen LogP contribution in [0.5, 0.6) is 0 Å². The molecule has 4 rings (SSSR count). The molecule has 168 valence electrons. The lowest BCUT2D eigenvalue weighted by Crippen LogP contribution is -2.39. The smallest absolute Gasteiger partial charge is 0.338 e. The predicted molar refractivity (Wildman–Crippen MR) is 125 cm³/mol. The molecule has 0 saturated carbocycles. The van der Waals surface area contributed by atoms with Crippen LogP contribution in [0.25, 0.3) is 6.08 Å². The highest BCUT2D eigenvalue weighted by atomic mass is 32.1. The van der Waals surface area contributed by atoms with Gasteiger partial charge in [-0.05, 0) is 38.0 Å². The van der Waals surface area contributed by atoms with Gasteiger partial charge in [0.05, 0.1) is 33.4 Å². The average Bonchev–Trinajstić information content (AvgIpc) is 3.09. The van der Waals surface area contributed by atoms with Crippen LogP contribution in [0, 0.1) is 17.0 Å². The van der Waals surface area contributed by atoms with Crippen molar-refractivity contribution in [2.75, 3.05) is 6.61 Å². The third-order valence-electron chi connectivity index (χ3n) is 5.29. The Morgan fingerprint density at radius 3 is 2.64 bits per heavy atom. The summed E-state index contributed by atoms with van der Waals surface area (Å²) in [7, 11) is 0. The van der Waals surface area contributed by atoms with Gasteiger partial charge in [-0.3, -0.25) is 19.5 Å². The third-order valence-corrected chi connectivity index (χ3v) is 6.27. The zero-order valence-corrected chi connectivity index (χ0v) is 19.1. The molecule has 2 heterocycles. The van der Waals surface area contributed by atoms with Gasteiger partial charge >= 0.3 is 5.97 Å². The molecule has 0 spiro atoms. The monoisotopic (exact) mass is 463 g/mol. The molecule has 1 aromatic heterocycles. The van der Waals surface area contributed by atoms with Crippen LogP contribution >= 0.6 is 11.3 Å². The van der Waals surface area contributed by atoms with Crippen LogP contribution in [0.2, 0.25) is 0 Å². The number of allylic oxidation sites excluding steroid dienone is 1. The fourth-order valence-corrected chi connectivity index (χ4v) is 4.78. The van der Waals surface area contributed by atoms with Crippen LogP contribution in [-0.2, 0) is 9.53 Å². The van der Waals surface area contributed by atoms with E-state index in [1.54, 1.807) is 26.0 Å². The number of non-ortho nitro benzene ring substituents is 1. The lowest BCUT2D eigenvalue weighted by atomic mass is 9.95. The lowest BCUT2D eigenvalue weighted by Gasteiger charge is -2.24. The number of rotatable bonds is 5. The number of fused-ring (bicyclic) bond motifs is 1. The van der Waals surface area contributed by atoms with Crippen LogP contribution in [0.3, 0.4) is 0 Å². The molecule has 1 aliphatic rings. The molecule has 0 N–H and O–H groups in total. The van der Waals surface area contributed by atoms with E-state index in [1.165, 1.54) is 34.1 Å². The van der Waals surface area contributed by atoms with Crippen molar-refractivity contribution in [1.82, 2.24) is 4.57 Å². The maximum absolute atomic E-state index is 13.5. The van der Waals surface area contributed by atoms with Crippen LogP contribution in [0.4, 0.5) is 5.69 Å². The fraction of sp³-hybridized carbons (Fsp3) is 0.208. The van der Waals surface area contributed by atoms with Crippen LogP contribution in [0.1, 0.15) is 36.6 Å². The molecule has 0 saturated heterocycles. The first-order chi connectivity index (χ1) is 15.8. The van der Waals surface area contributed by atoms with E-state index in [1.807, 2.05) is 31.2 Å². The Bertz CT molecular complexity index is 1460. The van der Waals surface area contributed by atoms with Gasteiger partial charge in [-0.25, -0.2) is 9.79 Å². The highest BCUT2D eigenvalue weighted by Gasteiger charge is 2.34. The summed E-state index contributed by atoms with van der Waals surface area (Å²) in [5.41, 5.74) is 2.54. The number of aromatic nitrogens is 1. The maximum Gasteiger partial charge on any atom is 0.338 e. The first-order valence-corrected chi connectivity index (χ1v) is 11.1. The normalized spacial score (nSPS) is 15.7. The molecule has 0 unspecified atom stereocenters. The minimum atomic E-state index is -0.889. The van der Waals surface area contributed by atoms with Crippen molar-refractivity contribution in [3.8, 4) is 0 Å². The number of nitro benzene ring substituents is 1. The van der Waals surface area contributed by atoms with Gasteiger partial charge in [-0.2, -0.15) is 0 Å². The number of thiazole rings is 1. The second kappa shape index (κ2) is 8.95. The number of nitro groups is 1. The second-order valence-electron chi connectivity index (χ2n) is 7.57. The Kier molecular flexibility index (Phi) is 6.06. The summed E-state index contributed by atoms with van der Waals surface area (Å²) >= 11 is 1.21. The Morgan fingerprint density at radius 2 is 1.97 bits per heavy atom. The molecule has 0 amide bonds. The first-order valence-electron chi connectivity index (χ1n) is 10.3. The topological polar surface area (TPSA) is 104 Å². The second-order valence-corrected chi connectivity index (χ2v) is 8.57. The van der Waals surface area contributed by atoms with Gasteiger partial charge in [0.15, 0.2) is 4.80 Å². The van der Waals surface area contributed by atoms with E-state index in [0.29, 0.717) is 20.6 Å². The van der Waals surface area contributed by atoms with E-state index >= 15 is 0 Å². The fourth-order valence-electron chi connectivity index (χ4n) is 3.73. The molecule has 0 fully saturated rings. The Balaban J connectivity index is 1.97. The highest BCUT2D eigenvalue weighted by Crippen LogP contribution is 2.32. The molecule has 3 aromatic rings. The molecule has 33 heavy (non-hydrogen) atoms. The van der Waals surface area contributed by atoms with E-state index < -0.39 is 16.9 Å². The average molecular weight is 464 g/mol. The standard InChI is InChI=1S/C24H21N3O5S/c1-4-32-23(29)20-15(3)25-24-26(21(20)17-6-5-7-18(13-17)27(30)31)22(28)19(33-24)12-16-10-8-14(2)9-11-16/h5-13,21H,4H2,1-3H3/t21-/m1/s1. The Morgan fingerprint density at radius 1 is 1.24 bits per heavy atom. The number of ether oxygens (including phenoxy) is 1. The van der Waals surface area contributed by atoms with Crippen molar-refractivity contribution in [2.24, 2.45) is 4.99 Å². The molecule has 9 heteroatoms. The predicted octanol–water partition coefficient (Wildman–Crippen LogP) is 3.01. The Labute approximate surface area is 192 Å². The summed E-state index contributed by atoms with van der Waals surface area (Å²) in [5.74, 6) is -0.608. The molecule has 0 bridgehead atoms. The number of carbonyl (C=O) groups excluding carboxylic acids is 1. The zero-order chi connectivity index (χ0) is 23.7. The van der Waals surface area contributed by atoms with Crippen LogP contribution in [-0.4, -0.2) is 22.1 Å². The van der Waals surface area contributed by atoms with Gasteiger partial charge < -0.3 is 4.74 Å².